The van der Waals surface area contributed by atoms with Crippen LogP contribution in [0.5, 0.6) is 0 Å². The zero-order valence-corrected chi connectivity index (χ0v) is 9.88. The molecule has 92 valence electrons. The number of benzene rings is 1. The van der Waals surface area contributed by atoms with E-state index in [1.54, 1.807) is 18.2 Å². The van der Waals surface area contributed by atoms with E-state index in [0.717, 1.165) is 5.56 Å². The Bertz CT molecular complexity index is 538. The summed E-state index contributed by atoms with van der Waals surface area (Å²) in [5.74, 6) is -0.790. The number of furan rings is 1. The maximum Gasteiger partial charge on any atom is 0.374 e. The van der Waals surface area contributed by atoms with Crippen molar-refractivity contribution in [2.45, 2.75) is 6.92 Å². The number of ketones is 1. The molecule has 4 heteroatoms. The van der Waals surface area contributed by atoms with Gasteiger partial charge in [0, 0.05) is 5.56 Å². The number of hydrogen-bond acceptors (Lipinski definition) is 4. The first kappa shape index (κ1) is 12.1. The van der Waals surface area contributed by atoms with Gasteiger partial charge in [0.25, 0.3) is 0 Å². The van der Waals surface area contributed by atoms with Gasteiger partial charge in [-0.2, -0.15) is 0 Å². The SMILES string of the molecule is Cc1ccc(C(=O)COC(=O)c2ccco2)cc1. The van der Waals surface area contributed by atoms with Crippen LogP contribution in [0.15, 0.2) is 47.1 Å². The first-order valence-electron chi connectivity index (χ1n) is 5.47. The highest BCUT2D eigenvalue weighted by atomic mass is 16.5. The predicted molar refractivity (Wildman–Crippen MR) is 64.5 cm³/mol. The number of ether oxygens (including phenoxy) is 1. The minimum absolute atomic E-state index is 0.0895. The van der Waals surface area contributed by atoms with Crippen molar-refractivity contribution in [2.24, 2.45) is 0 Å². The maximum absolute atomic E-state index is 11.7. The van der Waals surface area contributed by atoms with E-state index in [-0.39, 0.29) is 18.2 Å². The quantitative estimate of drug-likeness (QED) is 0.612. The van der Waals surface area contributed by atoms with Gasteiger partial charge in [0.1, 0.15) is 0 Å². The molecule has 18 heavy (non-hydrogen) atoms. The molecule has 0 saturated heterocycles. The number of rotatable bonds is 4. The highest BCUT2D eigenvalue weighted by Gasteiger charge is 2.13. The molecule has 0 unspecified atom stereocenters. The van der Waals surface area contributed by atoms with Gasteiger partial charge < -0.3 is 9.15 Å². The fourth-order valence-electron chi connectivity index (χ4n) is 1.42. The van der Waals surface area contributed by atoms with E-state index >= 15 is 0 Å². The van der Waals surface area contributed by atoms with Crippen LogP contribution in [0.25, 0.3) is 0 Å². The largest absolute Gasteiger partial charge is 0.457 e. The number of carbonyl (C=O) groups excluding carboxylic acids is 2. The third-order valence-corrected chi connectivity index (χ3v) is 2.43. The fraction of sp³-hybridized carbons (Fsp3) is 0.143. The van der Waals surface area contributed by atoms with Gasteiger partial charge in [-0.1, -0.05) is 29.8 Å². The van der Waals surface area contributed by atoms with Gasteiger partial charge in [-0.15, -0.1) is 0 Å². The predicted octanol–water partition coefficient (Wildman–Crippen LogP) is 2.63. The Morgan fingerprint density at radius 3 is 2.50 bits per heavy atom. The smallest absolute Gasteiger partial charge is 0.374 e. The van der Waals surface area contributed by atoms with E-state index in [1.165, 1.54) is 12.3 Å². The molecule has 2 rings (SSSR count). The van der Waals surface area contributed by atoms with Crippen molar-refractivity contribution in [3.8, 4) is 0 Å². The maximum atomic E-state index is 11.7. The summed E-state index contributed by atoms with van der Waals surface area (Å²) in [4.78, 5) is 23.1. The fourth-order valence-corrected chi connectivity index (χ4v) is 1.42. The van der Waals surface area contributed by atoms with Crippen LogP contribution in [-0.4, -0.2) is 18.4 Å². The molecule has 0 saturated carbocycles. The molecule has 1 aromatic heterocycles. The minimum atomic E-state index is -0.638. The normalized spacial score (nSPS) is 10.1. The summed E-state index contributed by atoms with van der Waals surface area (Å²) >= 11 is 0. The van der Waals surface area contributed by atoms with Gasteiger partial charge in [-0.3, -0.25) is 4.79 Å². The Kier molecular flexibility index (Phi) is 3.57. The monoisotopic (exact) mass is 244 g/mol. The van der Waals surface area contributed by atoms with Crippen LogP contribution in [0.4, 0.5) is 0 Å². The summed E-state index contributed by atoms with van der Waals surface area (Å²) in [6.45, 7) is 1.65. The van der Waals surface area contributed by atoms with Crippen LogP contribution in [0.2, 0.25) is 0 Å². The summed E-state index contributed by atoms with van der Waals surface area (Å²) in [6, 6.07) is 10.1. The summed E-state index contributed by atoms with van der Waals surface area (Å²) in [5, 5.41) is 0. The molecule has 0 atom stereocenters. The van der Waals surface area contributed by atoms with Gasteiger partial charge in [-0.05, 0) is 19.1 Å². The molecule has 0 spiro atoms. The van der Waals surface area contributed by atoms with Crippen molar-refractivity contribution >= 4 is 11.8 Å². The van der Waals surface area contributed by atoms with Gasteiger partial charge in [-0.25, -0.2) is 4.79 Å². The van der Waals surface area contributed by atoms with E-state index in [9.17, 15) is 9.59 Å². The molecule has 1 heterocycles. The third kappa shape index (κ3) is 2.85. The zero-order chi connectivity index (χ0) is 13.0. The standard InChI is InChI=1S/C14H12O4/c1-10-4-6-11(7-5-10)12(15)9-18-14(16)13-3-2-8-17-13/h2-8H,9H2,1H3. The number of Topliss-reactive ketones (excluding diaryl/α,β-unsaturated/α-hetero) is 1. The average molecular weight is 244 g/mol. The first-order chi connectivity index (χ1) is 8.66. The van der Waals surface area contributed by atoms with Crippen LogP contribution >= 0.6 is 0 Å². The van der Waals surface area contributed by atoms with Crippen molar-refractivity contribution in [1.82, 2.24) is 0 Å². The second kappa shape index (κ2) is 5.31. The molecule has 0 amide bonds. The van der Waals surface area contributed by atoms with Crippen LogP contribution in [-0.2, 0) is 4.74 Å². The summed E-state index contributed by atoms with van der Waals surface area (Å²) in [5.41, 5.74) is 1.59. The number of hydrogen-bond donors (Lipinski definition) is 0. The molecular formula is C14H12O4. The molecule has 1 aromatic carbocycles. The van der Waals surface area contributed by atoms with E-state index < -0.39 is 5.97 Å². The van der Waals surface area contributed by atoms with Crippen molar-refractivity contribution < 1.29 is 18.7 Å². The lowest BCUT2D eigenvalue weighted by molar-refractivity contribution is 0.0444. The van der Waals surface area contributed by atoms with Gasteiger partial charge in [0.15, 0.2) is 12.4 Å². The molecule has 0 aliphatic heterocycles. The molecule has 0 N–H and O–H groups in total. The van der Waals surface area contributed by atoms with Crippen LogP contribution in [0.3, 0.4) is 0 Å². The van der Waals surface area contributed by atoms with Crippen molar-refractivity contribution in [1.29, 1.82) is 0 Å². The lowest BCUT2D eigenvalue weighted by atomic mass is 10.1. The Balaban J connectivity index is 1.92. The second-order valence-corrected chi connectivity index (χ2v) is 3.84. The van der Waals surface area contributed by atoms with Gasteiger partial charge in [0.2, 0.25) is 5.76 Å². The Hall–Kier alpha value is -2.36. The van der Waals surface area contributed by atoms with E-state index in [1.807, 2.05) is 19.1 Å². The van der Waals surface area contributed by atoms with Crippen molar-refractivity contribution in [3.63, 3.8) is 0 Å². The van der Waals surface area contributed by atoms with Crippen LogP contribution in [0, 0.1) is 6.92 Å². The molecule has 2 aromatic rings. The molecule has 4 nitrogen and oxygen atoms in total. The highest BCUT2D eigenvalue weighted by molar-refractivity contribution is 5.98. The minimum Gasteiger partial charge on any atom is -0.457 e. The van der Waals surface area contributed by atoms with Crippen LogP contribution < -0.4 is 0 Å². The summed E-state index contributed by atoms with van der Waals surface area (Å²) in [6.07, 6.45) is 1.37. The Morgan fingerprint density at radius 2 is 1.89 bits per heavy atom. The lowest BCUT2D eigenvalue weighted by Gasteiger charge is -2.02. The second-order valence-electron chi connectivity index (χ2n) is 3.84. The van der Waals surface area contributed by atoms with E-state index in [4.69, 9.17) is 9.15 Å². The molecule has 0 aliphatic rings. The van der Waals surface area contributed by atoms with Crippen molar-refractivity contribution in [2.75, 3.05) is 6.61 Å². The Labute approximate surface area is 104 Å². The summed E-state index contributed by atoms with van der Waals surface area (Å²) in [7, 11) is 0. The lowest BCUT2D eigenvalue weighted by Crippen LogP contribution is -2.13. The zero-order valence-electron chi connectivity index (χ0n) is 9.88. The highest BCUT2D eigenvalue weighted by Crippen LogP contribution is 2.06. The molecule has 0 radical (unpaired) electrons. The molecule has 0 fully saturated rings. The Morgan fingerprint density at radius 1 is 1.17 bits per heavy atom. The topological polar surface area (TPSA) is 56.5 Å². The van der Waals surface area contributed by atoms with Crippen LogP contribution in [0.1, 0.15) is 26.5 Å². The van der Waals surface area contributed by atoms with E-state index in [0.29, 0.717) is 5.56 Å². The first-order valence-corrected chi connectivity index (χ1v) is 5.47. The number of esters is 1. The molecular weight excluding hydrogens is 232 g/mol. The van der Waals surface area contributed by atoms with Gasteiger partial charge in [0.05, 0.1) is 6.26 Å². The molecule has 0 bridgehead atoms. The van der Waals surface area contributed by atoms with Crippen molar-refractivity contribution in [3.05, 3.63) is 59.5 Å². The number of aryl methyl sites for hydroxylation is 1. The molecule has 0 aliphatic carbocycles. The van der Waals surface area contributed by atoms with E-state index in [2.05, 4.69) is 0 Å². The summed E-state index contributed by atoms with van der Waals surface area (Å²) < 4.78 is 9.71. The average Bonchev–Trinajstić information content (AvgIpc) is 2.90. The van der Waals surface area contributed by atoms with Gasteiger partial charge >= 0.3 is 5.97 Å². The third-order valence-electron chi connectivity index (χ3n) is 2.43. The number of carbonyl (C=O) groups is 2.